The van der Waals surface area contributed by atoms with E-state index in [2.05, 4.69) is 10.6 Å². The van der Waals surface area contributed by atoms with Crippen LogP contribution in [0.25, 0.3) is 0 Å². The van der Waals surface area contributed by atoms with Crippen molar-refractivity contribution < 1.29 is 19.1 Å². The minimum Gasteiger partial charge on any atom is -0.493 e. The third-order valence-corrected chi connectivity index (χ3v) is 4.81. The minimum atomic E-state index is -0.614. The van der Waals surface area contributed by atoms with Crippen molar-refractivity contribution in [2.75, 3.05) is 13.7 Å². The first kappa shape index (κ1) is 22.3. The maximum Gasteiger partial charge on any atom is 0.251 e. The SMILES string of the molecule is CCOc1ccc(CNC(=O)C(NC(=O)c2ccccc2)C(C)CC)cc1OC. The molecule has 2 N–H and O–H groups in total. The van der Waals surface area contributed by atoms with Gasteiger partial charge in [-0.05, 0) is 42.7 Å². The van der Waals surface area contributed by atoms with Gasteiger partial charge >= 0.3 is 0 Å². The zero-order chi connectivity index (χ0) is 21.2. The van der Waals surface area contributed by atoms with Crippen LogP contribution in [-0.4, -0.2) is 31.6 Å². The molecule has 0 fully saturated rings. The summed E-state index contributed by atoms with van der Waals surface area (Å²) in [6, 6.07) is 13.8. The lowest BCUT2D eigenvalue weighted by atomic mass is 9.97. The molecule has 0 aliphatic carbocycles. The van der Waals surface area contributed by atoms with E-state index in [0.29, 0.717) is 30.2 Å². The Hall–Kier alpha value is -3.02. The van der Waals surface area contributed by atoms with Gasteiger partial charge < -0.3 is 20.1 Å². The molecule has 2 atom stereocenters. The number of methoxy groups -OCH3 is 1. The first-order chi connectivity index (χ1) is 14.0. The number of benzene rings is 2. The van der Waals surface area contributed by atoms with Crippen molar-refractivity contribution in [2.24, 2.45) is 5.92 Å². The molecule has 2 aromatic carbocycles. The van der Waals surface area contributed by atoms with Crippen LogP contribution in [0.15, 0.2) is 48.5 Å². The summed E-state index contributed by atoms with van der Waals surface area (Å²) in [7, 11) is 1.58. The lowest BCUT2D eigenvalue weighted by Crippen LogP contribution is -2.50. The van der Waals surface area contributed by atoms with Crippen LogP contribution in [0.3, 0.4) is 0 Å². The lowest BCUT2D eigenvalue weighted by Gasteiger charge is -2.23. The van der Waals surface area contributed by atoms with Gasteiger partial charge in [0, 0.05) is 12.1 Å². The van der Waals surface area contributed by atoms with Crippen LogP contribution in [0.2, 0.25) is 0 Å². The fourth-order valence-corrected chi connectivity index (χ4v) is 2.91. The van der Waals surface area contributed by atoms with E-state index in [4.69, 9.17) is 9.47 Å². The van der Waals surface area contributed by atoms with Gasteiger partial charge in [0.1, 0.15) is 6.04 Å². The molecule has 0 bridgehead atoms. The second-order valence-electron chi connectivity index (χ2n) is 6.84. The van der Waals surface area contributed by atoms with Crippen molar-refractivity contribution in [3.63, 3.8) is 0 Å². The summed E-state index contributed by atoms with van der Waals surface area (Å²) in [5, 5.41) is 5.80. The highest BCUT2D eigenvalue weighted by Crippen LogP contribution is 2.28. The quantitative estimate of drug-likeness (QED) is 0.642. The largest absolute Gasteiger partial charge is 0.493 e. The smallest absolute Gasteiger partial charge is 0.251 e. The topological polar surface area (TPSA) is 76.7 Å². The molecule has 2 aromatic rings. The number of nitrogens with one attached hydrogen (secondary N) is 2. The van der Waals surface area contributed by atoms with Gasteiger partial charge in [0.2, 0.25) is 5.91 Å². The molecular weight excluding hydrogens is 368 g/mol. The Labute approximate surface area is 172 Å². The number of hydrogen-bond donors (Lipinski definition) is 2. The summed E-state index contributed by atoms with van der Waals surface area (Å²) in [6.07, 6.45) is 0.768. The van der Waals surface area contributed by atoms with Crippen LogP contribution in [0.4, 0.5) is 0 Å². The lowest BCUT2D eigenvalue weighted by molar-refractivity contribution is -0.124. The number of rotatable bonds is 10. The number of ether oxygens (including phenoxy) is 2. The Morgan fingerprint density at radius 3 is 2.38 bits per heavy atom. The molecule has 0 radical (unpaired) electrons. The summed E-state index contributed by atoms with van der Waals surface area (Å²) in [4.78, 5) is 25.3. The van der Waals surface area contributed by atoms with E-state index in [0.717, 1.165) is 12.0 Å². The Balaban J connectivity index is 2.05. The molecule has 0 spiro atoms. The van der Waals surface area contributed by atoms with Crippen molar-refractivity contribution in [3.8, 4) is 11.5 Å². The predicted molar refractivity (Wildman–Crippen MR) is 113 cm³/mol. The predicted octanol–water partition coefficient (Wildman–Crippen LogP) is 3.55. The van der Waals surface area contributed by atoms with E-state index >= 15 is 0 Å². The van der Waals surface area contributed by atoms with Gasteiger partial charge in [0.25, 0.3) is 5.91 Å². The molecule has 0 heterocycles. The molecule has 0 saturated carbocycles. The van der Waals surface area contributed by atoms with Crippen molar-refractivity contribution in [1.29, 1.82) is 0 Å². The molecule has 0 saturated heterocycles. The molecule has 2 amide bonds. The molecule has 2 unspecified atom stereocenters. The molecule has 6 heteroatoms. The van der Waals surface area contributed by atoms with Gasteiger partial charge in [0.05, 0.1) is 13.7 Å². The molecule has 0 aliphatic rings. The fraction of sp³-hybridized carbons (Fsp3) is 0.391. The maximum absolute atomic E-state index is 12.8. The van der Waals surface area contributed by atoms with Crippen LogP contribution in [0.1, 0.15) is 43.1 Å². The summed E-state index contributed by atoms with van der Waals surface area (Å²) in [5.41, 5.74) is 1.42. The first-order valence-electron chi connectivity index (χ1n) is 9.93. The van der Waals surface area contributed by atoms with Crippen molar-refractivity contribution in [2.45, 2.75) is 39.8 Å². The van der Waals surface area contributed by atoms with Gasteiger partial charge in [-0.25, -0.2) is 0 Å². The van der Waals surface area contributed by atoms with Crippen LogP contribution < -0.4 is 20.1 Å². The molecule has 29 heavy (non-hydrogen) atoms. The zero-order valence-electron chi connectivity index (χ0n) is 17.5. The van der Waals surface area contributed by atoms with E-state index < -0.39 is 6.04 Å². The number of hydrogen-bond acceptors (Lipinski definition) is 4. The van der Waals surface area contributed by atoms with Crippen LogP contribution in [0, 0.1) is 5.92 Å². The Morgan fingerprint density at radius 1 is 1.03 bits per heavy atom. The van der Waals surface area contributed by atoms with Crippen LogP contribution in [-0.2, 0) is 11.3 Å². The average Bonchev–Trinajstić information content (AvgIpc) is 2.76. The fourth-order valence-electron chi connectivity index (χ4n) is 2.91. The van der Waals surface area contributed by atoms with E-state index in [1.165, 1.54) is 0 Å². The zero-order valence-corrected chi connectivity index (χ0v) is 17.5. The third-order valence-electron chi connectivity index (χ3n) is 4.81. The molecule has 2 rings (SSSR count). The summed E-state index contributed by atoms with van der Waals surface area (Å²) >= 11 is 0. The first-order valence-corrected chi connectivity index (χ1v) is 9.93. The minimum absolute atomic E-state index is 0.00229. The molecular formula is C23H30N2O4. The van der Waals surface area contributed by atoms with E-state index in [1.807, 2.05) is 45.0 Å². The Kier molecular flexibility index (Phi) is 8.52. The van der Waals surface area contributed by atoms with Crippen LogP contribution >= 0.6 is 0 Å². The number of amides is 2. The van der Waals surface area contributed by atoms with Gasteiger partial charge in [-0.15, -0.1) is 0 Å². The Bertz CT molecular complexity index is 808. The second kappa shape index (κ2) is 11.1. The van der Waals surface area contributed by atoms with Gasteiger partial charge in [-0.3, -0.25) is 9.59 Å². The highest BCUT2D eigenvalue weighted by atomic mass is 16.5. The summed E-state index contributed by atoms with van der Waals surface area (Å²) < 4.78 is 10.9. The third kappa shape index (κ3) is 6.24. The van der Waals surface area contributed by atoms with Gasteiger partial charge in [-0.1, -0.05) is 44.5 Å². The van der Waals surface area contributed by atoms with Crippen molar-refractivity contribution >= 4 is 11.8 Å². The van der Waals surface area contributed by atoms with Crippen molar-refractivity contribution in [1.82, 2.24) is 10.6 Å². The molecule has 156 valence electrons. The van der Waals surface area contributed by atoms with Gasteiger partial charge in [-0.2, -0.15) is 0 Å². The van der Waals surface area contributed by atoms with E-state index in [1.54, 1.807) is 31.4 Å². The number of carbonyl (C=O) groups excluding carboxylic acids is 2. The average molecular weight is 399 g/mol. The van der Waals surface area contributed by atoms with Crippen LogP contribution in [0.5, 0.6) is 11.5 Å². The molecule has 0 aromatic heterocycles. The summed E-state index contributed by atoms with van der Waals surface area (Å²) in [5.74, 6) is 0.815. The molecule has 0 aliphatic heterocycles. The van der Waals surface area contributed by atoms with Gasteiger partial charge in [0.15, 0.2) is 11.5 Å². The summed E-state index contributed by atoms with van der Waals surface area (Å²) in [6.45, 7) is 6.73. The number of carbonyl (C=O) groups is 2. The highest BCUT2D eigenvalue weighted by Gasteiger charge is 2.26. The molecule has 6 nitrogen and oxygen atoms in total. The van der Waals surface area contributed by atoms with Crippen molar-refractivity contribution in [3.05, 3.63) is 59.7 Å². The maximum atomic E-state index is 12.8. The van der Waals surface area contributed by atoms with E-state index in [9.17, 15) is 9.59 Å². The Morgan fingerprint density at radius 2 is 1.76 bits per heavy atom. The standard InChI is InChI=1S/C23H30N2O4/c1-5-16(3)21(25-22(26)18-10-8-7-9-11-18)23(27)24-15-17-12-13-19(29-6-2)20(14-17)28-4/h7-14,16,21H,5-6,15H2,1-4H3,(H,24,27)(H,25,26). The highest BCUT2D eigenvalue weighted by molar-refractivity contribution is 5.97. The van der Waals surface area contributed by atoms with E-state index in [-0.39, 0.29) is 17.7 Å². The second-order valence-corrected chi connectivity index (χ2v) is 6.84. The normalized spacial score (nSPS) is 12.6. The monoisotopic (exact) mass is 398 g/mol.